The maximum atomic E-state index is 12.4. The molecule has 0 bridgehead atoms. The molecule has 1 N–H and O–H groups in total. The van der Waals surface area contributed by atoms with Gasteiger partial charge in [0.05, 0.1) is 19.0 Å². The number of piperidine rings is 1. The van der Waals surface area contributed by atoms with Crippen molar-refractivity contribution in [2.24, 2.45) is 0 Å². The number of rotatable bonds is 5. The van der Waals surface area contributed by atoms with Crippen LogP contribution in [0.4, 0.5) is 0 Å². The molecule has 1 saturated heterocycles. The molecule has 1 aromatic carbocycles. The van der Waals surface area contributed by atoms with Crippen LogP contribution in [-0.2, 0) is 16.0 Å². The Balaban J connectivity index is 1.45. The minimum absolute atomic E-state index is 0.151. The van der Waals surface area contributed by atoms with E-state index in [0.29, 0.717) is 40.7 Å². The third-order valence-electron chi connectivity index (χ3n) is 5.22. The van der Waals surface area contributed by atoms with Gasteiger partial charge in [0.2, 0.25) is 23.5 Å². The van der Waals surface area contributed by atoms with Gasteiger partial charge in [0.1, 0.15) is 17.5 Å². The summed E-state index contributed by atoms with van der Waals surface area (Å²) in [7, 11) is 1.56. The number of hydrogen-bond donors (Lipinski definition) is 1. The van der Waals surface area contributed by atoms with Crippen molar-refractivity contribution in [3.8, 4) is 17.3 Å². The number of nitrogens with zero attached hydrogens (tertiary/aromatic N) is 4. The average Bonchev–Trinajstić information content (AvgIpc) is 3.38. The zero-order valence-corrected chi connectivity index (χ0v) is 16.9. The molecule has 11 heteroatoms. The average molecular weight is 435 g/mol. The number of benzene rings is 1. The first kappa shape index (κ1) is 19.7. The lowest BCUT2D eigenvalue weighted by Gasteiger charge is -2.21. The van der Waals surface area contributed by atoms with E-state index in [0.717, 1.165) is 5.56 Å². The Hall–Kier alpha value is -4.28. The Labute approximate surface area is 180 Å². The summed E-state index contributed by atoms with van der Waals surface area (Å²) in [6.45, 7) is 0. The Kier molecular flexibility index (Phi) is 4.77. The van der Waals surface area contributed by atoms with Crippen LogP contribution in [0.15, 0.2) is 50.3 Å². The minimum atomic E-state index is -0.814. The zero-order valence-electron chi connectivity index (χ0n) is 16.9. The Morgan fingerprint density at radius 3 is 2.91 bits per heavy atom. The summed E-state index contributed by atoms with van der Waals surface area (Å²) in [6, 6.07) is 7.75. The molecule has 4 heterocycles. The van der Waals surface area contributed by atoms with E-state index in [-0.39, 0.29) is 18.7 Å². The Bertz CT molecular complexity index is 1400. The zero-order chi connectivity index (χ0) is 22.2. The van der Waals surface area contributed by atoms with Crippen LogP contribution in [0.5, 0.6) is 5.75 Å². The predicted octanol–water partition coefficient (Wildman–Crippen LogP) is 1.62. The fourth-order valence-corrected chi connectivity index (χ4v) is 3.68. The maximum Gasteiger partial charge on any atom is 0.420 e. The second-order valence-corrected chi connectivity index (χ2v) is 7.28. The van der Waals surface area contributed by atoms with E-state index in [1.54, 1.807) is 43.6 Å². The van der Waals surface area contributed by atoms with Gasteiger partial charge >= 0.3 is 5.76 Å². The van der Waals surface area contributed by atoms with E-state index in [4.69, 9.17) is 13.7 Å². The summed E-state index contributed by atoms with van der Waals surface area (Å²) >= 11 is 0. The quantitative estimate of drug-likeness (QED) is 0.463. The molecule has 1 unspecified atom stereocenters. The van der Waals surface area contributed by atoms with Crippen molar-refractivity contribution in [2.75, 3.05) is 7.11 Å². The van der Waals surface area contributed by atoms with Crippen LogP contribution in [0.3, 0.4) is 0 Å². The number of fused-ring (bicyclic) bond motifs is 1. The summed E-state index contributed by atoms with van der Waals surface area (Å²) in [5, 5.41) is 6.23. The van der Waals surface area contributed by atoms with Gasteiger partial charge in [0.25, 0.3) is 0 Å². The van der Waals surface area contributed by atoms with Crippen LogP contribution in [0.25, 0.3) is 22.6 Å². The van der Waals surface area contributed by atoms with Crippen LogP contribution < -0.4 is 15.8 Å². The number of hydrogen-bond acceptors (Lipinski definition) is 9. The molecule has 4 aromatic rings. The van der Waals surface area contributed by atoms with E-state index in [2.05, 4.69) is 20.4 Å². The molecule has 0 radical (unpaired) electrons. The normalized spacial score (nSPS) is 16.3. The van der Waals surface area contributed by atoms with Gasteiger partial charge in [-0.2, -0.15) is 4.98 Å². The lowest BCUT2D eigenvalue weighted by Crippen LogP contribution is -2.43. The fraction of sp³-hybridized carbons (Fsp3) is 0.238. The number of imide groups is 1. The predicted molar refractivity (Wildman–Crippen MR) is 109 cm³/mol. The molecule has 1 atom stereocenters. The van der Waals surface area contributed by atoms with Crippen LogP contribution in [-0.4, -0.2) is 38.6 Å². The molecule has 3 aromatic heterocycles. The van der Waals surface area contributed by atoms with Crippen molar-refractivity contribution in [1.29, 1.82) is 0 Å². The SMILES string of the molecule is COc1ccnc(-c2noc(Cc3ccc4oc(=O)n(C5CCC(=O)NC5=O)c4c3)n2)c1. The molecule has 0 saturated carbocycles. The number of methoxy groups -OCH3 is 1. The highest BCUT2D eigenvalue weighted by Crippen LogP contribution is 2.25. The molecule has 0 aliphatic carbocycles. The second kappa shape index (κ2) is 7.76. The van der Waals surface area contributed by atoms with Crippen LogP contribution in [0.2, 0.25) is 0 Å². The van der Waals surface area contributed by atoms with Gasteiger partial charge in [-0.25, -0.2) is 4.79 Å². The van der Waals surface area contributed by atoms with Gasteiger partial charge in [-0.15, -0.1) is 0 Å². The standard InChI is InChI=1S/C21H17N5O6/c1-30-12-6-7-22-13(10-12)19-24-18(32-25-19)9-11-2-4-16-15(8-11)26(21(29)31-16)14-3-5-17(27)23-20(14)28/h2,4,6-8,10,14H,3,5,9H2,1H3,(H,23,27,28). The molecule has 162 valence electrons. The molecular weight excluding hydrogens is 418 g/mol. The van der Waals surface area contributed by atoms with Crippen LogP contribution in [0.1, 0.15) is 30.3 Å². The second-order valence-electron chi connectivity index (χ2n) is 7.28. The fourth-order valence-electron chi connectivity index (χ4n) is 3.68. The highest BCUT2D eigenvalue weighted by molar-refractivity contribution is 6.00. The maximum absolute atomic E-state index is 12.4. The molecule has 2 amide bonds. The molecule has 0 spiro atoms. The first-order valence-electron chi connectivity index (χ1n) is 9.82. The van der Waals surface area contributed by atoms with Crippen molar-refractivity contribution in [1.82, 2.24) is 25.0 Å². The number of amides is 2. The van der Waals surface area contributed by atoms with E-state index in [9.17, 15) is 14.4 Å². The first-order chi connectivity index (χ1) is 15.5. The monoisotopic (exact) mass is 435 g/mol. The van der Waals surface area contributed by atoms with E-state index in [1.165, 1.54) is 4.57 Å². The van der Waals surface area contributed by atoms with Crippen LogP contribution >= 0.6 is 0 Å². The molecule has 32 heavy (non-hydrogen) atoms. The smallest absolute Gasteiger partial charge is 0.420 e. The van der Waals surface area contributed by atoms with Gasteiger partial charge in [-0.1, -0.05) is 11.2 Å². The summed E-state index contributed by atoms with van der Waals surface area (Å²) in [5.74, 6) is -0.241. The van der Waals surface area contributed by atoms with E-state index >= 15 is 0 Å². The number of aromatic nitrogens is 4. The third kappa shape index (κ3) is 3.53. The van der Waals surface area contributed by atoms with E-state index in [1.807, 2.05) is 0 Å². The van der Waals surface area contributed by atoms with Gasteiger partial charge in [0.15, 0.2) is 5.58 Å². The Morgan fingerprint density at radius 1 is 1.22 bits per heavy atom. The lowest BCUT2D eigenvalue weighted by molar-refractivity contribution is -0.135. The molecule has 5 rings (SSSR count). The number of carbonyl (C=O) groups excluding carboxylic acids is 2. The van der Waals surface area contributed by atoms with Gasteiger partial charge in [-0.3, -0.25) is 24.5 Å². The lowest BCUT2D eigenvalue weighted by atomic mass is 10.1. The summed E-state index contributed by atoms with van der Waals surface area (Å²) in [5.41, 5.74) is 2.08. The van der Waals surface area contributed by atoms with Gasteiger partial charge in [0, 0.05) is 18.7 Å². The van der Waals surface area contributed by atoms with Crippen molar-refractivity contribution in [3.63, 3.8) is 0 Å². The Morgan fingerprint density at radius 2 is 2.09 bits per heavy atom. The topological polar surface area (TPSA) is 142 Å². The molecular formula is C21H17N5O6. The van der Waals surface area contributed by atoms with Crippen molar-refractivity contribution in [3.05, 3.63) is 58.5 Å². The van der Waals surface area contributed by atoms with E-state index < -0.39 is 17.7 Å². The van der Waals surface area contributed by atoms with Gasteiger partial charge < -0.3 is 13.7 Å². The number of nitrogens with one attached hydrogen (secondary N) is 1. The number of carbonyl (C=O) groups is 2. The molecule has 1 aliphatic rings. The molecule has 1 aliphatic heterocycles. The minimum Gasteiger partial charge on any atom is -0.497 e. The largest absolute Gasteiger partial charge is 0.497 e. The summed E-state index contributed by atoms with van der Waals surface area (Å²) in [4.78, 5) is 44.8. The van der Waals surface area contributed by atoms with Crippen molar-refractivity contribution < 1.29 is 23.3 Å². The molecule has 1 fully saturated rings. The number of oxazole rings is 1. The highest BCUT2D eigenvalue weighted by atomic mass is 16.5. The molecule has 11 nitrogen and oxygen atoms in total. The first-order valence-corrected chi connectivity index (χ1v) is 9.82. The summed E-state index contributed by atoms with van der Waals surface area (Å²) < 4.78 is 17.1. The summed E-state index contributed by atoms with van der Waals surface area (Å²) in [6.07, 6.45) is 2.26. The van der Waals surface area contributed by atoms with Crippen LogP contribution in [0, 0.1) is 0 Å². The van der Waals surface area contributed by atoms with Crippen molar-refractivity contribution in [2.45, 2.75) is 25.3 Å². The third-order valence-corrected chi connectivity index (χ3v) is 5.22. The number of ether oxygens (including phenoxy) is 1. The highest BCUT2D eigenvalue weighted by Gasteiger charge is 2.31. The van der Waals surface area contributed by atoms with Crippen molar-refractivity contribution >= 4 is 22.9 Å². The van der Waals surface area contributed by atoms with Gasteiger partial charge in [-0.05, 0) is 30.2 Å². The number of pyridine rings is 1.